The minimum atomic E-state index is -2.98. The average molecular weight is 1080 g/mol. The van der Waals surface area contributed by atoms with Gasteiger partial charge >= 0.3 is 59.9 Å². The Morgan fingerprint density at radius 1 is 0.394 bits per heavy atom. The number of aryl methyl sites for hydroxylation is 6. The maximum Gasteiger partial charge on any atom is 0.317 e. The van der Waals surface area contributed by atoms with Gasteiger partial charge in [0.2, 0.25) is 19.0 Å². The van der Waals surface area contributed by atoms with Crippen molar-refractivity contribution in [2.75, 3.05) is 0 Å². The Bertz CT molecular complexity index is 1870. The van der Waals surface area contributed by atoms with Crippen LogP contribution in [0.4, 0.5) is 0 Å². The lowest BCUT2D eigenvalue weighted by Gasteiger charge is -2.46. The van der Waals surface area contributed by atoms with Crippen molar-refractivity contribution in [1.29, 1.82) is 0 Å². The highest BCUT2D eigenvalue weighted by molar-refractivity contribution is 6.94. The summed E-state index contributed by atoms with van der Waals surface area (Å²) in [6, 6.07) is 2.48. The molecule has 0 fully saturated rings. The number of hydrogen-bond acceptors (Lipinski definition) is 8. The minimum Gasteiger partial charge on any atom is -0.433 e. The van der Waals surface area contributed by atoms with Gasteiger partial charge in [0.25, 0.3) is 0 Å². The van der Waals surface area contributed by atoms with Crippen LogP contribution in [0.3, 0.4) is 0 Å². The van der Waals surface area contributed by atoms with Gasteiger partial charge in [-0.2, -0.15) is 0 Å². The van der Waals surface area contributed by atoms with Crippen molar-refractivity contribution in [3.05, 3.63) is 80.7 Å². The van der Waals surface area contributed by atoms with Crippen LogP contribution >= 0.6 is 0 Å². The smallest absolute Gasteiger partial charge is 0.317 e. The average Bonchev–Trinajstić information content (AvgIpc) is 3.93. The normalized spacial score (nSPS) is 16.2. The molecular weight excluding hydrogens is 981 g/mol. The molecule has 2 atom stereocenters. The minimum absolute atomic E-state index is 0.779. The Morgan fingerprint density at radius 3 is 0.848 bits per heavy atom. The SMILES string of the molecule is C=C[Si](C)(C)O[Si](C)(CCC[n+]1ccn(CC)c1)O[Si](C)(C)O[Si](C)(C)O[Si](C)(CCC[n+]1ccn(CC)c1)O[Si](C)(C)O[Si](C)(C)O[Si](C)(CCC[n+]1ccn(CC)c1)O[Si](C)(C)C=C. The van der Waals surface area contributed by atoms with Crippen molar-refractivity contribution in [3.63, 3.8) is 0 Å². The molecule has 66 heavy (non-hydrogen) atoms. The van der Waals surface area contributed by atoms with Crippen LogP contribution in [0.5, 0.6) is 0 Å². The summed E-state index contributed by atoms with van der Waals surface area (Å²) in [5, 5.41) is 0. The first-order valence-electron chi connectivity index (χ1n) is 24.3. The third kappa shape index (κ3) is 21.0. The van der Waals surface area contributed by atoms with Gasteiger partial charge in [-0.05, 0) is 156 Å². The van der Waals surface area contributed by atoms with E-state index in [1.165, 1.54) is 0 Å². The van der Waals surface area contributed by atoms with Crippen molar-refractivity contribution >= 4 is 76.6 Å². The highest BCUT2D eigenvalue weighted by Crippen LogP contribution is 2.34. The Labute approximate surface area is 410 Å². The number of imidazole rings is 3. The first-order valence-corrected chi connectivity index (χ1v) is 49.1. The zero-order valence-corrected chi connectivity index (χ0v) is 53.7. The molecule has 0 aromatic carbocycles. The van der Waals surface area contributed by atoms with Crippen LogP contribution < -0.4 is 13.7 Å². The van der Waals surface area contributed by atoms with E-state index < -0.39 is 76.6 Å². The molecule has 3 aromatic heterocycles. The van der Waals surface area contributed by atoms with Crippen LogP contribution in [0.2, 0.25) is 116 Å². The summed E-state index contributed by atoms with van der Waals surface area (Å²) in [6.45, 7) is 52.9. The Morgan fingerprint density at radius 2 is 0.636 bits per heavy atom. The summed E-state index contributed by atoms with van der Waals surface area (Å²) in [5.74, 6) is 0. The predicted molar refractivity (Wildman–Crippen MR) is 288 cm³/mol. The number of hydrogen-bond donors (Lipinski definition) is 0. The molecule has 0 saturated heterocycles. The molecule has 14 nitrogen and oxygen atoms in total. The molecule has 2 unspecified atom stereocenters. The maximum atomic E-state index is 7.39. The quantitative estimate of drug-likeness (QED) is 0.0440. The second kappa shape index (κ2) is 24.2. The van der Waals surface area contributed by atoms with Gasteiger partial charge in [-0.15, -0.1) is 13.2 Å². The lowest BCUT2D eigenvalue weighted by atomic mass is 10.5. The molecule has 0 radical (unpaired) electrons. The van der Waals surface area contributed by atoms with Crippen LogP contribution in [0.1, 0.15) is 40.0 Å². The van der Waals surface area contributed by atoms with Crippen LogP contribution in [-0.4, -0.2) is 90.3 Å². The molecule has 0 aliphatic heterocycles. The van der Waals surface area contributed by atoms with Crippen molar-refractivity contribution in [3.8, 4) is 0 Å². The summed E-state index contributed by atoms with van der Waals surface area (Å²) in [5.41, 5.74) is 4.01. The first-order chi connectivity index (χ1) is 30.3. The molecular formula is C43H93N6O8Si9+3. The molecule has 376 valence electrons. The zero-order chi connectivity index (χ0) is 49.9. The maximum absolute atomic E-state index is 7.39. The summed E-state index contributed by atoms with van der Waals surface area (Å²) >= 11 is 0. The fourth-order valence-electron chi connectivity index (χ4n) is 8.93. The van der Waals surface area contributed by atoms with E-state index in [0.717, 1.165) is 76.7 Å². The Hall–Kier alpha value is -1.26. The summed E-state index contributed by atoms with van der Waals surface area (Å²) in [7, 11) is -24.2. The van der Waals surface area contributed by atoms with Crippen LogP contribution in [-0.2, 0) is 72.2 Å². The van der Waals surface area contributed by atoms with E-state index in [1.807, 2.05) is 11.4 Å². The fraction of sp³-hybridized carbons (Fsp3) is 0.698. The van der Waals surface area contributed by atoms with E-state index in [4.69, 9.17) is 32.9 Å². The van der Waals surface area contributed by atoms with Gasteiger partial charge in [-0.3, -0.25) is 0 Å². The second-order valence-electron chi connectivity index (χ2n) is 21.2. The lowest BCUT2D eigenvalue weighted by molar-refractivity contribution is -0.696. The van der Waals surface area contributed by atoms with Gasteiger partial charge in [0, 0.05) is 0 Å². The predicted octanol–water partition coefficient (Wildman–Crippen LogP) is 9.60. The number of rotatable bonds is 33. The highest BCUT2D eigenvalue weighted by Gasteiger charge is 2.52. The molecule has 0 N–H and O–H groups in total. The molecule has 0 aliphatic carbocycles. The van der Waals surface area contributed by atoms with Gasteiger partial charge in [-0.1, -0.05) is 11.4 Å². The lowest BCUT2D eigenvalue weighted by Crippen LogP contribution is -2.63. The molecule has 3 heterocycles. The molecule has 0 saturated carbocycles. The largest absolute Gasteiger partial charge is 0.433 e. The van der Waals surface area contributed by atoms with E-state index >= 15 is 0 Å². The third-order valence-corrected chi connectivity index (χ3v) is 47.3. The molecule has 0 spiro atoms. The molecule has 0 amide bonds. The van der Waals surface area contributed by atoms with Crippen LogP contribution in [0, 0.1) is 0 Å². The highest BCUT2D eigenvalue weighted by atomic mass is 28.5. The van der Waals surface area contributed by atoms with Crippen molar-refractivity contribution < 1.29 is 46.6 Å². The van der Waals surface area contributed by atoms with Gasteiger partial charge in [0.15, 0.2) is 16.6 Å². The zero-order valence-electron chi connectivity index (χ0n) is 44.7. The molecule has 23 heteroatoms. The van der Waals surface area contributed by atoms with Crippen LogP contribution in [0.25, 0.3) is 0 Å². The topological polar surface area (TPSA) is 100 Å². The van der Waals surface area contributed by atoms with Gasteiger partial charge in [0.1, 0.15) is 37.2 Å². The third-order valence-electron chi connectivity index (χ3n) is 11.2. The number of aromatic nitrogens is 6. The summed E-state index contributed by atoms with van der Waals surface area (Å²) in [6.07, 6.45) is 22.1. The molecule has 0 bridgehead atoms. The van der Waals surface area contributed by atoms with Crippen molar-refractivity contribution in [2.24, 2.45) is 0 Å². The first kappa shape index (κ1) is 59.1. The van der Waals surface area contributed by atoms with E-state index in [0.29, 0.717) is 0 Å². The standard InChI is InChI=1S/C43H93N6O8Si9/c1-21-44-32-35-47(41-44)29-26-38-64(18,50-58(6,7)24-4)54-60(10,11)52-62(14,15)56-66(20,40-28-31-49-37-34-46(23-3)43-49)57-63(16,17)53-61(12,13)55-65(19,51-59(8,9)25-5)39-27-30-48-36-33-45(22-2)42-48/h24-25,32-37,41-43H,4-5,21-23,26-31,38-40H2,1-3,6-20H3/q+3. The van der Waals surface area contributed by atoms with Crippen molar-refractivity contribution in [2.45, 2.75) is 196 Å². The van der Waals surface area contributed by atoms with Gasteiger partial charge in [0.05, 0.1) is 39.3 Å². The van der Waals surface area contributed by atoms with Gasteiger partial charge < -0.3 is 32.9 Å². The van der Waals surface area contributed by atoms with Gasteiger partial charge in [-0.25, -0.2) is 27.4 Å². The molecule has 3 aromatic rings. The van der Waals surface area contributed by atoms with E-state index in [9.17, 15) is 0 Å². The van der Waals surface area contributed by atoms with E-state index in [1.54, 1.807) is 0 Å². The monoisotopic (exact) mass is 1070 g/mol. The molecule has 0 aliphatic rings. The second-order valence-corrected chi connectivity index (χ2v) is 54.5. The Balaban J connectivity index is 1.85. The van der Waals surface area contributed by atoms with E-state index in [-0.39, 0.29) is 0 Å². The fourth-order valence-corrected chi connectivity index (χ4v) is 53.3. The Kier molecular flexibility index (Phi) is 21.7. The van der Waals surface area contributed by atoms with E-state index in [2.05, 4.69) is 216 Å². The van der Waals surface area contributed by atoms with Crippen molar-refractivity contribution in [1.82, 2.24) is 13.7 Å². The van der Waals surface area contributed by atoms with Crippen LogP contribution in [0.15, 0.2) is 80.7 Å². The molecule has 3 rings (SSSR count). The summed E-state index contributed by atoms with van der Waals surface area (Å²) in [4.78, 5) is 0. The summed E-state index contributed by atoms with van der Waals surface area (Å²) < 4.78 is 71.0. The number of nitrogens with zero attached hydrogens (tertiary/aromatic N) is 6.